The van der Waals surface area contributed by atoms with Crippen LogP contribution in [-0.4, -0.2) is 179 Å². The molecule has 0 bridgehead atoms. The molecule has 12 N–H and O–H groups in total. The van der Waals surface area contributed by atoms with Gasteiger partial charge in [-0.05, 0) is 54.8 Å². The van der Waals surface area contributed by atoms with Crippen molar-refractivity contribution in [3.8, 4) is 23.0 Å². The second kappa shape index (κ2) is 18.5. The van der Waals surface area contributed by atoms with E-state index in [0.717, 1.165) is 12.1 Å². The molecule has 0 saturated carbocycles. The van der Waals surface area contributed by atoms with E-state index >= 15 is 0 Å². The number of carbonyl (C=O) groups excluding carboxylic acids is 1. The van der Waals surface area contributed by atoms with E-state index in [1.165, 1.54) is 43.3 Å². The molecule has 0 aliphatic carbocycles. The maximum atomic E-state index is 13.3. The molecule has 3 saturated heterocycles. The van der Waals surface area contributed by atoms with Gasteiger partial charge in [0.1, 0.15) is 61.0 Å². The molecule has 15 atom stereocenters. The number of benzene rings is 2. The molecule has 0 radical (unpaired) electrons. The smallest absolute Gasteiger partial charge is 0.331 e. The Morgan fingerprint density at radius 3 is 1.98 bits per heavy atom. The van der Waals surface area contributed by atoms with E-state index in [2.05, 4.69) is 0 Å². The second-order valence-electron chi connectivity index (χ2n) is 13.3. The van der Waals surface area contributed by atoms with E-state index < -0.39 is 129 Å². The zero-order chi connectivity index (χ0) is 40.1. The average molecular weight is 787 g/mol. The monoisotopic (exact) mass is 786 g/mol. The van der Waals surface area contributed by atoms with Crippen molar-refractivity contribution in [2.24, 2.45) is 0 Å². The fraction of sp³-hybridized carbons (Fsp3) is 0.571. The van der Waals surface area contributed by atoms with Crippen LogP contribution >= 0.6 is 0 Å². The van der Waals surface area contributed by atoms with E-state index in [4.69, 9.17) is 33.2 Å². The minimum Gasteiger partial charge on any atom is -0.504 e. The Labute approximate surface area is 313 Å². The summed E-state index contributed by atoms with van der Waals surface area (Å²) in [6, 6.07) is 7.73. The number of aliphatic hydroxyl groups excluding tert-OH is 8. The largest absolute Gasteiger partial charge is 0.504 e. The predicted octanol–water partition coefficient (Wildman–Crippen LogP) is -3.19. The number of esters is 1. The minimum atomic E-state index is -1.97. The van der Waals surface area contributed by atoms with Crippen molar-refractivity contribution >= 4 is 12.0 Å². The molecule has 3 aliphatic rings. The van der Waals surface area contributed by atoms with E-state index in [9.17, 15) is 66.1 Å². The summed E-state index contributed by atoms with van der Waals surface area (Å²) in [6.07, 6.45) is -22.6. The number of aromatic hydroxyl groups is 4. The first kappa shape index (κ1) is 42.4. The van der Waals surface area contributed by atoms with Crippen LogP contribution in [0.4, 0.5) is 0 Å². The summed E-state index contributed by atoms with van der Waals surface area (Å²) in [7, 11) is 0. The van der Waals surface area contributed by atoms with Crippen LogP contribution in [0.5, 0.6) is 23.0 Å². The lowest BCUT2D eigenvalue weighted by Gasteiger charge is -2.47. The van der Waals surface area contributed by atoms with Gasteiger partial charge in [-0.25, -0.2) is 4.79 Å². The van der Waals surface area contributed by atoms with Gasteiger partial charge in [-0.3, -0.25) is 0 Å². The van der Waals surface area contributed by atoms with Crippen molar-refractivity contribution in [3.05, 3.63) is 53.6 Å². The van der Waals surface area contributed by atoms with Crippen LogP contribution in [0.2, 0.25) is 0 Å². The molecule has 3 aliphatic heterocycles. The molecular weight excluding hydrogens is 740 g/mol. The zero-order valence-electron chi connectivity index (χ0n) is 29.2. The summed E-state index contributed by atoms with van der Waals surface area (Å²) >= 11 is 0. The quantitative estimate of drug-likeness (QED) is 0.0541. The van der Waals surface area contributed by atoms with E-state index in [1.807, 2.05) is 0 Å². The number of carbonyl (C=O) groups is 1. The number of ether oxygens (including phenoxy) is 7. The van der Waals surface area contributed by atoms with Crippen molar-refractivity contribution < 1.29 is 99.2 Å². The lowest BCUT2D eigenvalue weighted by Crippen LogP contribution is -2.66. The second-order valence-corrected chi connectivity index (χ2v) is 13.3. The van der Waals surface area contributed by atoms with Crippen LogP contribution in [0.25, 0.3) is 6.08 Å². The minimum absolute atomic E-state index is 0.0841. The van der Waals surface area contributed by atoms with Crippen molar-refractivity contribution in [1.29, 1.82) is 0 Å². The number of aliphatic hydroxyl groups is 8. The van der Waals surface area contributed by atoms with Crippen molar-refractivity contribution in [2.45, 2.75) is 105 Å². The van der Waals surface area contributed by atoms with Crippen LogP contribution in [0.1, 0.15) is 18.1 Å². The van der Waals surface area contributed by atoms with Gasteiger partial charge in [-0.1, -0.05) is 12.1 Å². The van der Waals surface area contributed by atoms with Gasteiger partial charge in [0, 0.05) is 6.08 Å². The summed E-state index contributed by atoms with van der Waals surface area (Å²) in [5, 5.41) is 123. The highest BCUT2D eigenvalue weighted by molar-refractivity contribution is 5.87. The molecule has 55 heavy (non-hydrogen) atoms. The summed E-state index contributed by atoms with van der Waals surface area (Å²) in [5.74, 6) is -2.73. The van der Waals surface area contributed by atoms with Crippen LogP contribution in [-0.2, 0) is 44.4 Å². The molecule has 20 nitrogen and oxygen atoms in total. The first-order valence-corrected chi connectivity index (χ1v) is 17.2. The third kappa shape index (κ3) is 10.0. The molecule has 15 unspecified atom stereocenters. The van der Waals surface area contributed by atoms with Crippen LogP contribution in [0, 0.1) is 0 Å². The molecule has 306 valence electrons. The SMILES string of the molecule is CC1OC(OCC2OC(OCCc3ccc(O)c(O)c3)C(OC(=O)C=Cc3ccc(O)c(O)c3)C(OC3OC(CO)C(O)C(O)C3O)C2O)C(O)C(O)C1O. The molecule has 2 aromatic rings. The molecule has 2 aromatic carbocycles. The van der Waals surface area contributed by atoms with Crippen LogP contribution < -0.4 is 0 Å². The fourth-order valence-electron chi connectivity index (χ4n) is 6.12. The summed E-state index contributed by atoms with van der Waals surface area (Å²) in [5.41, 5.74) is 0.759. The van der Waals surface area contributed by atoms with Gasteiger partial charge in [0.15, 0.2) is 48.0 Å². The van der Waals surface area contributed by atoms with Gasteiger partial charge in [0.2, 0.25) is 0 Å². The maximum Gasteiger partial charge on any atom is 0.331 e. The number of hydrogen-bond donors (Lipinski definition) is 12. The lowest BCUT2D eigenvalue weighted by atomic mass is 9.96. The Morgan fingerprint density at radius 1 is 0.673 bits per heavy atom. The molecule has 0 aromatic heterocycles. The standard InChI is InChI=1S/C35H46O20/c1-14-24(42)27(45)29(47)33(51-14)50-13-22-26(44)31(55-34-30(48)28(46)25(43)21(12-36)52-34)32(54-23(41)7-4-15-2-5-17(37)19(39)10-15)35(53-22)49-9-8-16-3-6-18(38)20(40)11-16/h2-7,10-11,14,21-22,24-40,42-48H,8-9,12-13H2,1H3. The number of hydrogen-bond acceptors (Lipinski definition) is 20. The van der Waals surface area contributed by atoms with Crippen LogP contribution in [0.3, 0.4) is 0 Å². The lowest BCUT2D eigenvalue weighted by molar-refractivity contribution is -0.365. The molecule has 0 spiro atoms. The third-order valence-corrected chi connectivity index (χ3v) is 9.37. The van der Waals surface area contributed by atoms with Crippen LogP contribution in [0.15, 0.2) is 42.5 Å². The summed E-state index contributed by atoms with van der Waals surface area (Å²) in [4.78, 5) is 13.3. The van der Waals surface area contributed by atoms with Crippen molar-refractivity contribution in [2.75, 3.05) is 19.8 Å². The van der Waals surface area contributed by atoms with Gasteiger partial charge in [0.25, 0.3) is 0 Å². The molecule has 3 fully saturated rings. The van der Waals surface area contributed by atoms with E-state index in [-0.39, 0.29) is 24.3 Å². The third-order valence-electron chi connectivity index (χ3n) is 9.37. The highest BCUT2D eigenvalue weighted by Gasteiger charge is 2.53. The highest BCUT2D eigenvalue weighted by Crippen LogP contribution is 2.33. The number of phenols is 4. The first-order chi connectivity index (χ1) is 26.1. The Hall–Kier alpha value is -3.71. The Kier molecular flexibility index (Phi) is 14.3. The van der Waals surface area contributed by atoms with E-state index in [0.29, 0.717) is 5.56 Å². The maximum absolute atomic E-state index is 13.3. The van der Waals surface area contributed by atoms with E-state index in [1.54, 1.807) is 0 Å². The molecule has 20 heteroatoms. The molecule has 0 amide bonds. The number of phenolic OH excluding ortho intramolecular Hbond substituents is 4. The fourth-order valence-corrected chi connectivity index (χ4v) is 6.12. The normalized spacial score (nSPS) is 36.9. The summed E-state index contributed by atoms with van der Waals surface area (Å²) < 4.78 is 40.2. The number of rotatable bonds is 13. The molecule has 5 rings (SSSR count). The van der Waals surface area contributed by atoms with Crippen molar-refractivity contribution in [3.63, 3.8) is 0 Å². The first-order valence-electron chi connectivity index (χ1n) is 17.2. The predicted molar refractivity (Wildman–Crippen MR) is 180 cm³/mol. The van der Waals surface area contributed by atoms with Gasteiger partial charge in [-0.2, -0.15) is 0 Å². The van der Waals surface area contributed by atoms with Gasteiger partial charge < -0.3 is 94.4 Å². The molecule has 3 heterocycles. The average Bonchev–Trinajstić information content (AvgIpc) is 3.16. The topological polar surface area (TPSA) is 324 Å². The van der Waals surface area contributed by atoms with Gasteiger partial charge in [0.05, 0.1) is 25.9 Å². The Bertz CT molecular complexity index is 1610. The van der Waals surface area contributed by atoms with Crippen molar-refractivity contribution in [1.82, 2.24) is 0 Å². The van der Waals surface area contributed by atoms with Gasteiger partial charge in [-0.15, -0.1) is 0 Å². The summed E-state index contributed by atoms with van der Waals surface area (Å²) in [6.45, 7) is -0.242. The van der Waals surface area contributed by atoms with Gasteiger partial charge >= 0.3 is 5.97 Å². The Morgan fingerprint density at radius 2 is 1.31 bits per heavy atom. The molecular formula is C35H46O20. The zero-order valence-corrected chi connectivity index (χ0v) is 29.2. The highest BCUT2D eigenvalue weighted by atomic mass is 16.8. The Balaban J connectivity index is 1.43.